The monoisotopic (exact) mass is 256 g/mol. The van der Waals surface area contributed by atoms with E-state index in [2.05, 4.69) is 62.1 Å². The number of anilines is 2. The molecule has 2 N–H and O–H groups in total. The Balaban J connectivity index is 2.95. The standard InChI is InChI=1S/C12H21ClN4/c1-11(2,3)16-8-7-9(15-10(13)14-8)17-12(4,5)6/h7H,1-6H3,(H2,14,15,16,17). The van der Waals surface area contributed by atoms with Crippen molar-refractivity contribution in [1.82, 2.24) is 9.97 Å². The summed E-state index contributed by atoms with van der Waals surface area (Å²) in [7, 11) is 0. The molecule has 0 amide bonds. The van der Waals surface area contributed by atoms with Gasteiger partial charge in [0.05, 0.1) is 0 Å². The zero-order valence-electron chi connectivity index (χ0n) is 11.3. The lowest BCUT2D eigenvalue weighted by molar-refractivity contribution is 0.625. The average molecular weight is 257 g/mol. The molecule has 0 radical (unpaired) electrons. The fourth-order valence-corrected chi connectivity index (χ4v) is 1.50. The summed E-state index contributed by atoms with van der Waals surface area (Å²) in [6.07, 6.45) is 0. The summed E-state index contributed by atoms with van der Waals surface area (Å²) in [6.45, 7) is 12.4. The average Bonchev–Trinajstić information content (AvgIpc) is 1.93. The maximum Gasteiger partial charge on any atom is 0.226 e. The second kappa shape index (κ2) is 4.69. The quantitative estimate of drug-likeness (QED) is 0.795. The van der Waals surface area contributed by atoms with Crippen molar-refractivity contribution >= 4 is 23.2 Å². The minimum atomic E-state index is -0.0588. The smallest absolute Gasteiger partial charge is 0.226 e. The number of hydrogen-bond donors (Lipinski definition) is 2. The summed E-state index contributed by atoms with van der Waals surface area (Å²) in [5.41, 5.74) is -0.118. The van der Waals surface area contributed by atoms with Crippen molar-refractivity contribution in [2.75, 3.05) is 10.6 Å². The molecule has 1 aromatic heterocycles. The van der Waals surface area contributed by atoms with E-state index in [1.165, 1.54) is 0 Å². The van der Waals surface area contributed by atoms with Crippen LogP contribution in [0.2, 0.25) is 5.28 Å². The second-order valence-corrected chi connectivity index (χ2v) is 6.50. The lowest BCUT2D eigenvalue weighted by Crippen LogP contribution is -2.28. The number of aromatic nitrogens is 2. The Labute approximate surface area is 108 Å². The fourth-order valence-electron chi connectivity index (χ4n) is 1.31. The van der Waals surface area contributed by atoms with Gasteiger partial charge in [0, 0.05) is 17.1 Å². The van der Waals surface area contributed by atoms with Gasteiger partial charge in [-0.2, -0.15) is 0 Å². The molecule has 1 heterocycles. The summed E-state index contributed by atoms with van der Waals surface area (Å²) in [6, 6.07) is 1.86. The number of hydrogen-bond acceptors (Lipinski definition) is 4. The molecular formula is C12H21ClN4. The lowest BCUT2D eigenvalue weighted by Gasteiger charge is -2.24. The summed E-state index contributed by atoms with van der Waals surface area (Å²) in [5, 5.41) is 6.79. The van der Waals surface area contributed by atoms with Crippen molar-refractivity contribution in [3.05, 3.63) is 11.3 Å². The van der Waals surface area contributed by atoms with Crippen LogP contribution in [0, 0.1) is 0 Å². The predicted molar refractivity (Wildman–Crippen MR) is 73.8 cm³/mol. The first kappa shape index (κ1) is 14.0. The van der Waals surface area contributed by atoms with E-state index in [-0.39, 0.29) is 16.4 Å². The number of nitrogens with one attached hydrogen (secondary N) is 2. The molecule has 0 aliphatic carbocycles. The van der Waals surface area contributed by atoms with Gasteiger partial charge in [-0.3, -0.25) is 0 Å². The minimum Gasteiger partial charge on any atom is -0.365 e. The van der Waals surface area contributed by atoms with Crippen LogP contribution in [-0.2, 0) is 0 Å². The zero-order chi connectivity index (χ0) is 13.3. The summed E-state index contributed by atoms with van der Waals surface area (Å²) in [4.78, 5) is 8.30. The molecule has 0 aliphatic heterocycles. The molecule has 96 valence electrons. The first-order valence-electron chi connectivity index (χ1n) is 5.66. The molecule has 0 fully saturated rings. The minimum absolute atomic E-state index is 0.0588. The van der Waals surface area contributed by atoms with Crippen molar-refractivity contribution in [2.24, 2.45) is 0 Å². The number of nitrogens with zero attached hydrogens (tertiary/aromatic N) is 2. The zero-order valence-corrected chi connectivity index (χ0v) is 12.1. The van der Waals surface area contributed by atoms with Gasteiger partial charge in [-0.1, -0.05) is 0 Å². The van der Waals surface area contributed by atoms with Crippen LogP contribution in [0.5, 0.6) is 0 Å². The van der Waals surface area contributed by atoms with Crippen LogP contribution >= 0.6 is 11.6 Å². The maximum absolute atomic E-state index is 5.91. The summed E-state index contributed by atoms with van der Waals surface area (Å²) < 4.78 is 0. The van der Waals surface area contributed by atoms with Crippen molar-refractivity contribution < 1.29 is 0 Å². The Kier molecular flexibility index (Phi) is 3.87. The Morgan fingerprint density at radius 2 is 1.24 bits per heavy atom. The van der Waals surface area contributed by atoms with Crippen molar-refractivity contribution in [1.29, 1.82) is 0 Å². The van der Waals surface area contributed by atoms with Crippen LogP contribution in [0.15, 0.2) is 6.07 Å². The first-order valence-corrected chi connectivity index (χ1v) is 6.04. The predicted octanol–water partition coefficient (Wildman–Crippen LogP) is 3.55. The van der Waals surface area contributed by atoms with Gasteiger partial charge >= 0.3 is 0 Å². The molecular weight excluding hydrogens is 236 g/mol. The fraction of sp³-hybridized carbons (Fsp3) is 0.667. The van der Waals surface area contributed by atoms with Crippen molar-refractivity contribution in [3.63, 3.8) is 0 Å². The van der Waals surface area contributed by atoms with E-state index in [4.69, 9.17) is 11.6 Å². The normalized spacial score (nSPS) is 12.4. The molecule has 0 aliphatic rings. The molecule has 0 aromatic carbocycles. The van der Waals surface area contributed by atoms with E-state index in [1.54, 1.807) is 0 Å². The Bertz CT molecular complexity index is 356. The van der Waals surface area contributed by atoms with Gasteiger partial charge in [0.15, 0.2) is 0 Å². The van der Waals surface area contributed by atoms with E-state index >= 15 is 0 Å². The molecule has 5 heteroatoms. The van der Waals surface area contributed by atoms with Gasteiger partial charge in [0.2, 0.25) is 5.28 Å². The summed E-state index contributed by atoms with van der Waals surface area (Å²) in [5.74, 6) is 1.45. The highest BCUT2D eigenvalue weighted by atomic mass is 35.5. The van der Waals surface area contributed by atoms with Crippen LogP contribution in [0.3, 0.4) is 0 Å². The maximum atomic E-state index is 5.91. The van der Waals surface area contributed by atoms with E-state index in [9.17, 15) is 0 Å². The van der Waals surface area contributed by atoms with Gasteiger partial charge < -0.3 is 10.6 Å². The molecule has 1 aromatic rings. The topological polar surface area (TPSA) is 49.8 Å². The second-order valence-electron chi connectivity index (χ2n) is 6.16. The first-order chi connectivity index (χ1) is 7.55. The van der Waals surface area contributed by atoms with E-state index in [0.29, 0.717) is 0 Å². The molecule has 0 saturated heterocycles. The highest BCUT2D eigenvalue weighted by molar-refractivity contribution is 6.28. The molecule has 4 nitrogen and oxygen atoms in total. The SMILES string of the molecule is CC(C)(C)Nc1cc(NC(C)(C)C)nc(Cl)n1. The van der Waals surface area contributed by atoms with Gasteiger partial charge in [0.25, 0.3) is 0 Å². The molecule has 0 atom stereocenters. The van der Waals surface area contributed by atoms with Crippen molar-refractivity contribution in [3.8, 4) is 0 Å². The largest absolute Gasteiger partial charge is 0.365 e. The Morgan fingerprint density at radius 1 is 0.882 bits per heavy atom. The summed E-state index contributed by atoms with van der Waals surface area (Å²) >= 11 is 5.91. The third kappa shape index (κ3) is 5.73. The van der Waals surface area contributed by atoms with E-state index < -0.39 is 0 Å². The van der Waals surface area contributed by atoms with E-state index in [1.807, 2.05) is 6.07 Å². The third-order valence-corrected chi connectivity index (χ3v) is 1.87. The Morgan fingerprint density at radius 3 is 1.53 bits per heavy atom. The molecule has 0 bridgehead atoms. The highest BCUT2D eigenvalue weighted by Gasteiger charge is 2.14. The molecule has 1 rings (SSSR count). The van der Waals surface area contributed by atoms with Gasteiger partial charge in [0.1, 0.15) is 11.6 Å². The van der Waals surface area contributed by atoms with Crippen LogP contribution in [-0.4, -0.2) is 21.0 Å². The van der Waals surface area contributed by atoms with Crippen LogP contribution in [0.1, 0.15) is 41.5 Å². The van der Waals surface area contributed by atoms with Gasteiger partial charge in [-0.05, 0) is 53.1 Å². The highest BCUT2D eigenvalue weighted by Crippen LogP contribution is 2.20. The molecule has 0 saturated carbocycles. The van der Waals surface area contributed by atoms with Gasteiger partial charge in [-0.15, -0.1) is 0 Å². The molecule has 17 heavy (non-hydrogen) atoms. The lowest BCUT2D eigenvalue weighted by atomic mass is 10.1. The van der Waals surface area contributed by atoms with Crippen LogP contribution < -0.4 is 10.6 Å². The third-order valence-electron chi connectivity index (χ3n) is 1.70. The molecule has 0 unspecified atom stereocenters. The van der Waals surface area contributed by atoms with E-state index in [0.717, 1.165) is 11.6 Å². The van der Waals surface area contributed by atoms with Crippen LogP contribution in [0.25, 0.3) is 0 Å². The van der Waals surface area contributed by atoms with Gasteiger partial charge in [-0.25, -0.2) is 9.97 Å². The molecule has 0 spiro atoms. The number of rotatable bonds is 2. The van der Waals surface area contributed by atoms with Crippen LogP contribution in [0.4, 0.5) is 11.6 Å². The van der Waals surface area contributed by atoms with Crippen molar-refractivity contribution in [2.45, 2.75) is 52.6 Å². The number of halogens is 1. The Hall–Kier alpha value is -1.03.